The summed E-state index contributed by atoms with van der Waals surface area (Å²) in [6.45, 7) is 9.23. The Bertz CT molecular complexity index is 1440. The molecule has 44 heavy (non-hydrogen) atoms. The zero-order valence-electron chi connectivity index (χ0n) is 24.1. The Kier molecular flexibility index (Phi) is 12.3. The molecule has 2 aromatic heterocycles. The second-order valence-corrected chi connectivity index (χ2v) is 11.6. The molecule has 0 aliphatic carbocycles. The van der Waals surface area contributed by atoms with Crippen LogP contribution in [0.5, 0.6) is 0 Å². The topological polar surface area (TPSA) is 55.3 Å². The van der Waals surface area contributed by atoms with Crippen LogP contribution in [0.3, 0.4) is 0 Å². The Morgan fingerprint density at radius 2 is 1.43 bits per heavy atom. The van der Waals surface area contributed by atoms with Gasteiger partial charge in [0.15, 0.2) is 0 Å². The van der Waals surface area contributed by atoms with Gasteiger partial charge in [-0.3, -0.25) is 9.97 Å². The van der Waals surface area contributed by atoms with Gasteiger partial charge < -0.3 is 14.9 Å². The van der Waals surface area contributed by atoms with Gasteiger partial charge in [-0.2, -0.15) is 6.67 Å². The van der Waals surface area contributed by atoms with Crippen molar-refractivity contribution in [3.8, 4) is 22.6 Å². The van der Waals surface area contributed by atoms with Crippen molar-refractivity contribution in [2.75, 3.05) is 18.1 Å². The number of hydrogen-bond donors (Lipinski definition) is 0. The van der Waals surface area contributed by atoms with Crippen molar-refractivity contribution in [1.29, 1.82) is 0 Å². The molecule has 3 heterocycles. The summed E-state index contributed by atoms with van der Waals surface area (Å²) in [6.07, 6.45) is 6.53. The first-order valence-electron chi connectivity index (χ1n) is 13.2. The average molecular weight is 816 g/mol. The molecule has 1 aliphatic rings. The predicted octanol–water partition coefficient (Wildman–Crippen LogP) is 9.07. The van der Waals surface area contributed by atoms with Crippen LogP contribution in [0.15, 0.2) is 91.4 Å². The minimum absolute atomic E-state index is 0. The number of hydrogen-bond acceptors (Lipinski definition) is 5. The van der Waals surface area contributed by atoms with E-state index >= 15 is 0 Å². The Balaban J connectivity index is 0.000000249. The second kappa shape index (κ2) is 14.7. The fourth-order valence-corrected chi connectivity index (χ4v) is 4.28. The van der Waals surface area contributed by atoms with Gasteiger partial charge >= 0.3 is 54.1 Å². The molecule has 5 nitrogen and oxygen atoms in total. The van der Waals surface area contributed by atoms with E-state index < -0.39 is 7.81 Å². The van der Waals surface area contributed by atoms with E-state index in [1.165, 1.54) is 22.4 Å². The maximum absolute atomic E-state index is 10.7. The molecule has 1 aliphatic heterocycles. The summed E-state index contributed by atoms with van der Waals surface area (Å²) < 4.78 is 59.2. The molecule has 0 N–H and O–H groups in total. The van der Waals surface area contributed by atoms with E-state index in [2.05, 4.69) is 71.6 Å². The summed E-state index contributed by atoms with van der Waals surface area (Å²) in [5.74, 6) is 0. The van der Waals surface area contributed by atoms with Gasteiger partial charge in [0.25, 0.3) is 0 Å². The number of halogens is 6. The van der Waals surface area contributed by atoms with Gasteiger partial charge in [-0.05, 0) is 74.7 Å². The fourth-order valence-electron chi connectivity index (χ4n) is 4.28. The van der Waals surface area contributed by atoms with E-state index in [-0.39, 0.29) is 27.7 Å². The molecule has 2 aromatic carbocycles. The molecule has 0 fully saturated rings. The fraction of sp³-hybridized carbons (Fsp3) is 0.194. The predicted molar refractivity (Wildman–Crippen MR) is 158 cm³/mol. The molecule has 0 bridgehead atoms. The minimum Gasteiger partial charge on any atom is -0.295 e. The second-order valence-electron chi connectivity index (χ2n) is 9.72. The molecule has 13 heteroatoms. The van der Waals surface area contributed by atoms with Gasteiger partial charge in [0.1, 0.15) is 0 Å². The molecule has 0 unspecified atom stereocenters. The van der Waals surface area contributed by atoms with Gasteiger partial charge in [-0.1, -0.05) is 42.3 Å². The van der Waals surface area contributed by atoms with Gasteiger partial charge in [-0.25, -0.2) is 0 Å². The molecule has 238 valence electrons. The van der Waals surface area contributed by atoms with Crippen molar-refractivity contribution < 1.29 is 51.4 Å². The number of rotatable bonds is 6. The van der Waals surface area contributed by atoms with Crippen LogP contribution < -0.4 is 10.0 Å². The summed E-state index contributed by atoms with van der Waals surface area (Å²) >= 11 is 0. The molecular weight excluding hydrogens is 784 g/mol. The van der Waals surface area contributed by atoms with Crippen molar-refractivity contribution >= 4 is 13.5 Å². The van der Waals surface area contributed by atoms with Crippen LogP contribution in [0.4, 0.5) is 30.9 Å². The molecule has 0 saturated carbocycles. The molecule has 0 saturated heterocycles. The Labute approximate surface area is 267 Å². The molecule has 0 spiro atoms. The third kappa shape index (κ3) is 13.6. The van der Waals surface area contributed by atoms with Crippen LogP contribution in [0.1, 0.15) is 23.1 Å². The van der Waals surface area contributed by atoms with Crippen molar-refractivity contribution in [1.82, 2.24) is 14.9 Å². The first kappa shape index (κ1) is 36.9. The normalized spacial score (nSPS) is 13.9. The summed E-state index contributed by atoms with van der Waals surface area (Å²) in [5, 5.41) is 10.5. The van der Waals surface area contributed by atoms with Crippen LogP contribution in [-0.2, 0) is 21.1 Å². The van der Waals surface area contributed by atoms with Crippen LogP contribution in [0, 0.1) is 33.5 Å². The third-order valence-corrected chi connectivity index (χ3v) is 5.81. The number of anilines is 1. The summed E-state index contributed by atoms with van der Waals surface area (Å²) in [6, 6.07) is 27.2. The number of pyridine rings is 2. The van der Waals surface area contributed by atoms with Crippen LogP contribution in [0.25, 0.3) is 22.6 Å². The molecule has 0 radical (unpaired) electrons. The third-order valence-electron chi connectivity index (χ3n) is 5.81. The Morgan fingerprint density at radius 1 is 0.818 bits per heavy atom. The van der Waals surface area contributed by atoms with Crippen molar-refractivity contribution in [2.24, 2.45) is 0 Å². The Morgan fingerprint density at radius 3 is 2.00 bits per heavy atom. The van der Waals surface area contributed by atoms with Gasteiger partial charge in [0.05, 0.1) is 11.4 Å². The number of benzene rings is 2. The van der Waals surface area contributed by atoms with E-state index in [9.17, 15) is 30.3 Å². The maximum Gasteiger partial charge on any atom is 4.00 e. The van der Waals surface area contributed by atoms with E-state index in [0.717, 1.165) is 29.2 Å². The first-order chi connectivity index (χ1) is 20.0. The average Bonchev–Trinajstić information content (AvgIpc) is 3.39. The van der Waals surface area contributed by atoms with E-state index in [1.807, 2.05) is 66.9 Å². The summed E-state index contributed by atoms with van der Waals surface area (Å²) in [5.41, 5.74) is 8.76. The van der Waals surface area contributed by atoms with Gasteiger partial charge in [0.2, 0.25) is 0 Å². The first-order valence-corrected chi connectivity index (χ1v) is 15.2. The number of aryl methyl sites for hydroxylation is 3. The molecule has 0 atom stereocenters. The molecule has 5 rings (SSSR count). The zero-order valence-corrected chi connectivity index (χ0v) is 27.3. The minimum atomic E-state index is -10.7. The monoisotopic (exact) mass is 815 g/mol. The quantitative estimate of drug-likeness (QED) is 0.111. The van der Waals surface area contributed by atoms with Crippen LogP contribution in [0.2, 0.25) is 0 Å². The van der Waals surface area contributed by atoms with Crippen molar-refractivity contribution in [3.05, 3.63) is 121 Å². The molecular formula is C31H31F6N4OPPt. The zero-order chi connectivity index (χ0) is 31.7. The van der Waals surface area contributed by atoms with Crippen LogP contribution >= 0.6 is 7.81 Å². The van der Waals surface area contributed by atoms with E-state index in [4.69, 9.17) is 0 Å². The van der Waals surface area contributed by atoms with E-state index in [1.54, 1.807) is 6.20 Å². The maximum atomic E-state index is 10.5. The van der Waals surface area contributed by atoms with Gasteiger partial charge in [-0.15, -0.1) is 42.5 Å². The standard InChI is InChI=1S/C16H11N2.C15H20N2O.F6P.Pt/c1-2-7-13(8-3-1)14-10-6-11-16(18-14)15-9-4-5-12-17-15;1-12-9-13(2)15(14(3)10-12)17-7-6-16(11-17)5-4-8-18;1-7(2,3,4,5)6;/h1-7,9-12H;6-7,9-11H,4-5,8H2,1-3H3;;/q-1;-2;-1;+4. The van der Waals surface area contributed by atoms with Crippen molar-refractivity contribution in [3.63, 3.8) is 0 Å². The largest absolute Gasteiger partial charge is 4.00 e. The van der Waals surface area contributed by atoms with Crippen LogP contribution in [-0.4, -0.2) is 28.0 Å². The van der Waals surface area contributed by atoms with Crippen molar-refractivity contribution in [2.45, 2.75) is 27.2 Å². The SMILES string of the molecule is Cc1cc(C)c(N2C=CN(CCC[O-])[CH-]2)c(C)c1.F[P-](F)(F)(F)(F)F.[Pt+4].[c-]1ccccc1-c1cccc(-c2ccccn2)n1. The van der Waals surface area contributed by atoms with E-state index in [0.29, 0.717) is 6.42 Å². The molecule has 4 aromatic rings. The number of aromatic nitrogens is 2. The Hall–Kier alpha value is -3.26. The van der Waals surface area contributed by atoms with Gasteiger partial charge in [0, 0.05) is 11.9 Å². The summed E-state index contributed by atoms with van der Waals surface area (Å²) in [7, 11) is -10.7. The summed E-state index contributed by atoms with van der Waals surface area (Å²) in [4.78, 5) is 13.1. The smallest absolute Gasteiger partial charge is 0.295 e. The number of nitrogens with zero attached hydrogens (tertiary/aromatic N) is 4. The molecule has 0 amide bonds.